The Bertz CT molecular complexity index is 1130. The van der Waals surface area contributed by atoms with Gasteiger partial charge in [-0.05, 0) is 30.2 Å². The first kappa shape index (κ1) is 18.7. The lowest BCUT2D eigenvalue weighted by Gasteiger charge is -2.22. The van der Waals surface area contributed by atoms with E-state index in [1.165, 1.54) is 5.01 Å². The lowest BCUT2D eigenvalue weighted by Crippen LogP contribution is -2.27. The topological polar surface area (TPSA) is 95.8 Å². The number of aryl methyl sites for hydroxylation is 1. The van der Waals surface area contributed by atoms with E-state index in [2.05, 4.69) is 15.1 Å². The van der Waals surface area contributed by atoms with Crippen molar-refractivity contribution in [2.45, 2.75) is 32.2 Å². The zero-order valence-corrected chi connectivity index (χ0v) is 15.9. The van der Waals surface area contributed by atoms with Gasteiger partial charge >= 0.3 is 5.97 Å². The van der Waals surface area contributed by atoms with E-state index in [0.717, 1.165) is 33.4 Å². The van der Waals surface area contributed by atoms with Crippen LogP contribution >= 0.6 is 0 Å². The summed E-state index contributed by atoms with van der Waals surface area (Å²) >= 11 is 0. The predicted molar refractivity (Wildman–Crippen MR) is 108 cm³/mol. The number of carbonyl (C=O) groups is 2. The molecule has 1 aromatic heterocycles. The third kappa shape index (κ3) is 3.99. The summed E-state index contributed by atoms with van der Waals surface area (Å²) in [6.07, 6.45) is 3.50. The fraction of sp³-hybridized carbons (Fsp3) is 0.227. The molecule has 2 aromatic carbocycles. The van der Waals surface area contributed by atoms with Gasteiger partial charge in [-0.25, -0.2) is 5.01 Å². The van der Waals surface area contributed by atoms with Crippen molar-refractivity contribution >= 4 is 28.6 Å². The molecule has 146 valence electrons. The highest BCUT2D eigenvalue weighted by molar-refractivity contribution is 6.03. The molecule has 1 atom stereocenters. The number of hydrazone groups is 1. The molecule has 0 radical (unpaired) electrons. The molecule has 1 N–H and O–H groups in total. The SMILES string of the molecule is Cc1cccc(C2=NN(C(=O)CCC(=O)O)[C@H](c3ccc4nccnc4c3)C2)c1. The van der Waals surface area contributed by atoms with Crippen LogP contribution in [0.15, 0.2) is 60.0 Å². The standard InChI is InChI=1S/C22H20N4O3/c1-14-3-2-4-15(11-14)18-13-20(26(25-18)21(27)7-8-22(28)29)16-5-6-17-19(12-16)24-10-9-23-17/h2-6,9-12,20H,7-8,13H2,1H3,(H,28,29)/t20-/m0/s1. The number of aromatic nitrogens is 2. The van der Waals surface area contributed by atoms with Crippen LogP contribution in [0.1, 0.15) is 42.0 Å². The summed E-state index contributed by atoms with van der Waals surface area (Å²) < 4.78 is 0. The van der Waals surface area contributed by atoms with Crippen molar-refractivity contribution in [1.29, 1.82) is 0 Å². The Labute approximate surface area is 167 Å². The highest BCUT2D eigenvalue weighted by Crippen LogP contribution is 2.34. The molecule has 0 unspecified atom stereocenters. The number of hydrogen-bond acceptors (Lipinski definition) is 5. The van der Waals surface area contributed by atoms with Gasteiger partial charge in [-0.2, -0.15) is 5.10 Å². The quantitative estimate of drug-likeness (QED) is 0.722. The van der Waals surface area contributed by atoms with Crippen molar-refractivity contribution in [3.8, 4) is 0 Å². The molecule has 3 aromatic rings. The second-order valence-electron chi connectivity index (χ2n) is 7.07. The summed E-state index contributed by atoms with van der Waals surface area (Å²) in [7, 11) is 0. The van der Waals surface area contributed by atoms with Crippen molar-refractivity contribution in [1.82, 2.24) is 15.0 Å². The van der Waals surface area contributed by atoms with Crippen molar-refractivity contribution in [2.24, 2.45) is 5.10 Å². The van der Waals surface area contributed by atoms with Gasteiger partial charge in [0, 0.05) is 25.2 Å². The first-order valence-corrected chi connectivity index (χ1v) is 9.40. The molecule has 1 amide bonds. The van der Waals surface area contributed by atoms with Gasteiger partial charge in [0.1, 0.15) is 0 Å². The zero-order chi connectivity index (χ0) is 20.4. The molecule has 4 rings (SSSR count). The Morgan fingerprint density at radius 2 is 1.86 bits per heavy atom. The summed E-state index contributed by atoms with van der Waals surface area (Å²) in [4.78, 5) is 32.3. The van der Waals surface area contributed by atoms with Crippen LogP contribution in [-0.2, 0) is 9.59 Å². The molecule has 2 heterocycles. The van der Waals surface area contributed by atoms with E-state index < -0.39 is 5.97 Å². The van der Waals surface area contributed by atoms with Gasteiger partial charge in [-0.15, -0.1) is 0 Å². The molecule has 7 nitrogen and oxygen atoms in total. The Hall–Kier alpha value is -3.61. The summed E-state index contributed by atoms with van der Waals surface area (Å²) in [5.74, 6) is -1.31. The van der Waals surface area contributed by atoms with E-state index in [9.17, 15) is 9.59 Å². The van der Waals surface area contributed by atoms with Crippen LogP contribution in [0.3, 0.4) is 0 Å². The smallest absolute Gasteiger partial charge is 0.303 e. The van der Waals surface area contributed by atoms with Gasteiger partial charge in [0.25, 0.3) is 0 Å². The first-order valence-electron chi connectivity index (χ1n) is 9.40. The van der Waals surface area contributed by atoms with Crippen molar-refractivity contribution in [2.75, 3.05) is 0 Å². The third-order valence-corrected chi connectivity index (χ3v) is 4.95. The van der Waals surface area contributed by atoms with Crippen molar-refractivity contribution < 1.29 is 14.7 Å². The second-order valence-corrected chi connectivity index (χ2v) is 7.07. The Balaban J connectivity index is 1.70. The third-order valence-electron chi connectivity index (χ3n) is 4.95. The Morgan fingerprint density at radius 3 is 2.62 bits per heavy atom. The average Bonchev–Trinajstić information content (AvgIpc) is 3.17. The van der Waals surface area contributed by atoms with Crippen molar-refractivity contribution in [3.63, 3.8) is 0 Å². The van der Waals surface area contributed by atoms with Crippen LogP contribution in [0.5, 0.6) is 0 Å². The second kappa shape index (κ2) is 7.79. The van der Waals surface area contributed by atoms with Gasteiger partial charge in [-0.1, -0.05) is 35.9 Å². The number of carboxylic acids is 1. The van der Waals surface area contributed by atoms with Gasteiger partial charge in [0.2, 0.25) is 5.91 Å². The van der Waals surface area contributed by atoms with E-state index in [1.54, 1.807) is 12.4 Å². The molecular weight excluding hydrogens is 368 g/mol. The maximum absolute atomic E-state index is 12.8. The Morgan fingerprint density at radius 1 is 1.07 bits per heavy atom. The van der Waals surface area contributed by atoms with Crippen LogP contribution in [0.25, 0.3) is 11.0 Å². The normalized spacial score (nSPS) is 16.1. The van der Waals surface area contributed by atoms with E-state index in [-0.39, 0.29) is 24.8 Å². The van der Waals surface area contributed by atoms with Gasteiger partial charge in [0.15, 0.2) is 0 Å². The fourth-order valence-electron chi connectivity index (χ4n) is 3.51. The summed E-state index contributed by atoms with van der Waals surface area (Å²) in [6.45, 7) is 2.01. The summed E-state index contributed by atoms with van der Waals surface area (Å²) in [6, 6.07) is 13.4. The minimum atomic E-state index is -1.00. The maximum atomic E-state index is 12.8. The molecule has 0 fully saturated rings. The largest absolute Gasteiger partial charge is 0.481 e. The number of amides is 1. The number of hydrogen-bond donors (Lipinski definition) is 1. The van der Waals surface area contributed by atoms with Gasteiger partial charge in [-0.3, -0.25) is 19.6 Å². The van der Waals surface area contributed by atoms with Crippen LogP contribution in [0, 0.1) is 6.92 Å². The monoisotopic (exact) mass is 388 g/mol. The fourth-order valence-corrected chi connectivity index (χ4v) is 3.51. The predicted octanol–water partition coefficient (Wildman–Crippen LogP) is 3.48. The number of carbonyl (C=O) groups excluding carboxylic acids is 1. The van der Waals surface area contributed by atoms with Crippen molar-refractivity contribution in [3.05, 3.63) is 71.5 Å². The molecule has 7 heteroatoms. The molecule has 1 aliphatic rings. The van der Waals surface area contributed by atoms with E-state index in [4.69, 9.17) is 5.11 Å². The van der Waals surface area contributed by atoms with E-state index >= 15 is 0 Å². The van der Waals surface area contributed by atoms with E-state index in [1.807, 2.05) is 49.4 Å². The average molecular weight is 388 g/mol. The lowest BCUT2D eigenvalue weighted by molar-refractivity contribution is -0.141. The molecule has 0 spiro atoms. The Kier molecular flexibility index (Phi) is 5.03. The number of carboxylic acid groups (broad SMARTS) is 1. The van der Waals surface area contributed by atoms with E-state index in [0.29, 0.717) is 6.42 Å². The number of rotatable bonds is 5. The lowest BCUT2D eigenvalue weighted by atomic mass is 9.97. The molecule has 29 heavy (non-hydrogen) atoms. The molecule has 0 aliphatic carbocycles. The molecular formula is C22H20N4O3. The zero-order valence-electron chi connectivity index (χ0n) is 15.9. The summed E-state index contributed by atoms with van der Waals surface area (Å²) in [5.41, 5.74) is 5.29. The van der Waals surface area contributed by atoms with Crippen LogP contribution < -0.4 is 0 Å². The van der Waals surface area contributed by atoms with Crippen LogP contribution in [-0.4, -0.2) is 37.7 Å². The highest BCUT2D eigenvalue weighted by atomic mass is 16.4. The number of aliphatic carboxylic acids is 1. The number of benzene rings is 2. The van der Waals surface area contributed by atoms with Gasteiger partial charge < -0.3 is 5.11 Å². The maximum Gasteiger partial charge on any atom is 0.303 e. The molecule has 0 saturated heterocycles. The molecule has 1 aliphatic heterocycles. The minimum absolute atomic E-state index is 0.0934. The molecule has 0 bridgehead atoms. The van der Waals surface area contributed by atoms with Crippen LogP contribution in [0.4, 0.5) is 0 Å². The minimum Gasteiger partial charge on any atom is -0.481 e. The summed E-state index contributed by atoms with van der Waals surface area (Å²) in [5, 5.41) is 15.0. The number of fused-ring (bicyclic) bond motifs is 1. The van der Waals surface area contributed by atoms with Crippen LogP contribution in [0.2, 0.25) is 0 Å². The molecule has 0 saturated carbocycles. The first-order chi connectivity index (χ1) is 14.0. The highest BCUT2D eigenvalue weighted by Gasteiger charge is 2.33. The van der Waals surface area contributed by atoms with Gasteiger partial charge in [0.05, 0.1) is 29.2 Å². The number of nitrogens with zero attached hydrogens (tertiary/aromatic N) is 4.